The number of carbonyl (C=O) groups is 4. The number of hydrogen-bond donors (Lipinski definition) is 0. The number of ether oxygens (including phenoxy) is 5. The predicted octanol–water partition coefficient (Wildman–Crippen LogP) is 4.59. The lowest BCUT2D eigenvalue weighted by molar-refractivity contribution is -0.144. The van der Waals surface area contributed by atoms with E-state index >= 15 is 0 Å². The summed E-state index contributed by atoms with van der Waals surface area (Å²) in [6.45, 7) is 8.01. The highest BCUT2D eigenvalue weighted by Crippen LogP contribution is 2.25. The average Bonchev–Trinajstić information content (AvgIpc) is 2.90. The largest absolute Gasteiger partial charge is 0.457 e. The molecule has 0 atom stereocenters. The Morgan fingerprint density at radius 2 is 1.22 bits per heavy atom. The SMILES string of the molecule is C=CC(=O)OCOc1ccc(C(=O)Oc2ccc(OC(=O)c3ccc(OC(=O)C=C)cc3)c(C)c2)cc1. The Morgan fingerprint density at radius 1 is 0.676 bits per heavy atom. The van der Waals surface area contributed by atoms with Crippen molar-refractivity contribution in [3.63, 3.8) is 0 Å². The third-order valence-electron chi connectivity index (χ3n) is 4.72. The molecule has 0 fully saturated rings. The van der Waals surface area contributed by atoms with Crippen LogP contribution in [0.2, 0.25) is 0 Å². The predicted molar refractivity (Wildman–Crippen MR) is 132 cm³/mol. The van der Waals surface area contributed by atoms with Gasteiger partial charge in [-0.05, 0) is 79.2 Å². The topological polar surface area (TPSA) is 114 Å². The van der Waals surface area contributed by atoms with Crippen LogP contribution in [0.4, 0.5) is 0 Å². The van der Waals surface area contributed by atoms with Gasteiger partial charge in [0, 0.05) is 12.2 Å². The van der Waals surface area contributed by atoms with Crippen LogP contribution in [0.3, 0.4) is 0 Å². The van der Waals surface area contributed by atoms with Crippen molar-refractivity contribution in [1.29, 1.82) is 0 Å². The number of hydrogen-bond acceptors (Lipinski definition) is 9. The molecule has 0 unspecified atom stereocenters. The van der Waals surface area contributed by atoms with Gasteiger partial charge in [0.25, 0.3) is 0 Å². The molecule has 0 amide bonds. The minimum Gasteiger partial charge on any atom is -0.457 e. The molecule has 0 spiro atoms. The quantitative estimate of drug-likeness (QED) is 0.170. The Bertz CT molecular complexity index is 1320. The fourth-order valence-electron chi connectivity index (χ4n) is 2.84. The van der Waals surface area contributed by atoms with Crippen molar-refractivity contribution in [3.8, 4) is 23.0 Å². The first-order valence-electron chi connectivity index (χ1n) is 10.8. The molecule has 9 nitrogen and oxygen atoms in total. The maximum absolute atomic E-state index is 12.5. The fourth-order valence-corrected chi connectivity index (χ4v) is 2.84. The van der Waals surface area contributed by atoms with Gasteiger partial charge in [-0.15, -0.1) is 0 Å². The van der Waals surface area contributed by atoms with E-state index in [-0.39, 0.29) is 35.2 Å². The van der Waals surface area contributed by atoms with Gasteiger partial charge in [0.15, 0.2) is 0 Å². The lowest BCUT2D eigenvalue weighted by Gasteiger charge is -2.11. The van der Waals surface area contributed by atoms with Crippen molar-refractivity contribution in [2.45, 2.75) is 6.92 Å². The minimum atomic E-state index is -0.615. The zero-order chi connectivity index (χ0) is 26.8. The maximum Gasteiger partial charge on any atom is 0.343 e. The molecular formula is C28H22O9. The molecule has 188 valence electrons. The fraction of sp³-hybridized carbons (Fsp3) is 0.0714. The van der Waals surface area contributed by atoms with Crippen LogP contribution in [0.15, 0.2) is 92.0 Å². The molecular weight excluding hydrogens is 480 g/mol. The van der Waals surface area contributed by atoms with Crippen molar-refractivity contribution >= 4 is 23.9 Å². The van der Waals surface area contributed by atoms with Gasteiger partial charge < -0.3 is 23.7 Å². The van der Waals surface area contributed by atoms with Gasteiger partial charge in [-0.2, -0.15) is 0 Å². The van der Waals surface area contributed by atoms with Crippen LogP contribution in [-0.4, -0.2) is 30.7 Å². The monoisotopic (exact) mass is 502 g/mol. The highest BCUT2D eigenvalue weighted by Gasteiger charge is 2.14. The molecule has 9 heteroatoms. The van der Waals surface area contributed by atoms with Crippen LogP contribution in [-0.2, 0) is 14.3 Å². The second-order valence-corrected chi connectivity index (χ2v) is 7.31. The van der Waals surface area contributed by atoms with Crippen molar-refractivity contribution < 1.29 is 42.9 Å². The van der Waals surface area contributed by atoms with E-state index in [0.717, 1.165) is 12.2 Å². The summed E-state index contributed by atoms with van der Waals surface area (Å²) in [5.41, 5.74) is 1.08. The number of esters is 4. The van der Waals surface area contributed by atoms with Crippen molar-refractivity contribution in [2.24, 2.45) is 0 Å². The molecule has 3 aromatic carbocycles. The van der Waals surface area contributed by atoms with Crippen LogP contribution in [0.25, 0.3) is 0 Å². The molecule has 0 saturated carbocycles. The Labute approximate surface area is 212 Å². The first kappa shape index (κ1) is 26.4. The Morgan fingerprint density at radius 3 is 1.78 bits per heavy atom. The van der Waals surface area contributed by atoms with Crippen molar-refractivity contribution in [1.82, 2.24) is 0 Å². The number of aryl methyl sites for hydroxylation is 1. The highest BCUT2D eigenvalue weighted by molar-refractivity contribution is 5.92. The van der Waals surface area contributed by atoms with Crippen LogP contribution >= 0.6 is 0 Å². The molecule has 3 aromatic rings. The summed E-state index contributed by atoms with van der Waals surface area (Å²) in [6.07, 6.45) is 2.05. The first-order chi connectivity index (χ1) is 17.8. The Kier molecular flexibility index (Phi) is 8.93. The molecule has 0 aliphatic rings. The highest BCUT2D eigenvalue weighted by atomic mass is 16.7. The number of rotatable bonds is 10. The van der Waals surface area contributed by atoms with E-state index in [1.165, 1.54) is 60.7 Å². The maximum atomic E-state index is 12.5. The van der Waals surface area contributed by atoms with Crippen LogP contribution in [0.5, 0.6) is 23.0 Å². The second kappa shape index (κ2) is 12.5. The summed E-state index contributed by atoms with van der Waals surface area (Å²) in [7, 11) is 0. The Hall–Kier alpha value is -5.18. The first-order valence-corrected chi connectivity index (χ1v) is 10.8. The zero-order valence-electron chi connectivity index (χ0n) is 19.8. The normalized spacial score (nSPS) is 9.97. The van der Waals surface area contributed by atoms with E-state index in [9.17, 15) is 19.2 Å². The van der Waals surface area contributed by atoms with E-state index < -0.39 is 23.9 Å². The third-order valence-corrected chi connectivity index (χ3v) is 4.72. The van der Waals surface area contributed by atoms with Gasteiger partial charge in [0.2, 0.25) is 6.79 Å². The van der Waals surface area contributed by atoms with Gasteiger partial charge in [-0.3, -0.25) is 0 Å². The summed E-state index contributed by atoms with van der Waals surface area (Å²) in [5, 5.41) is 0. The molecule has 37 heavy (non-hydrogen) atoms. The van der Waals surface area contributed by atoms with Gasteiger partial charge in [0.1, 0.15) is 23.0 Å². The van der Waals surface area contributed by atoms with Gasteiger partial charge >= 0.3 is 23.9 Å². The molecule has 0 radical (unpaired) electrons. The molecule has 0 heterocycles. The van der Waals surface area contributed by atoms with E-state index in [0.29, 0.717) is 11.3 Å². The summed E-state index contributed by atoms with van der Waals surface area (Å²) in [6, 6.07) is 16.5. The van der Waals surface area contributed by atoms with Gasteiger partial charge in [-0.25, -0.2) is 19.2 Å². The summed E-state index contributed by atoms with van der Waals surface area (Å²) in [4.78, 5) is 47.2. The molecule has 0 aliphatic carbocycles. The van der Waals surface area contributed by atoms with E-state index in [1.54, 1.807) is 13.0 Å². The van der Waals surface area contributed by atoms with Gasteiger partial charge in [0.05, 0.1) is 11.1 Å². The smallest absolute Gasteiger partial charge is 0.343 e. The van der Waals surface area contributed by atoms with Crippen molar-refractivity contribution in [3.05, 3.63) is 109 Å². The van der Waals surface area contributed by atoms with Crippen LogP contribution < -0.4 is 18.9 Å². The third kappa shape index (κ3) is 7.66. The summed E-state index contributed by atoms with van der Waals surface area (Å²) in [5.74, 6) is -1.25. The lowest BCUT2D eigenvalue weighted by atomic mass is 10.2. The Balaban J connectivity index is 1.56. The summed E-state index contributed by atoms with van der Waals surface area (Å²) < 4.78 is 25.8. The van der Waals surface area contributed by atoms with Crippen LogP contribution in [0, 0.1) is 6.92 Å². The van der Waals surface area contributed by atoms with E-state index in [2.05, 4.69) is 13.2 Å². The van der Waals surface area contributed by atoms with Gasteiger partial charge in [-0.1, -0.05) is 13.2 Å². The molecule has 0 aliphatic heterocycles. The minimum absolute atomic E-state index is 0.250. The molecule has 0 saturated heterocycles. The standard InChI is InChI=1S/C28H22O9/c1-4-25(29)34-17-33-21-10-6-19(7-11-21)27(31)36-23-14-15-24(18(3)16-23)37-28(32)20-8-12-22(13-9-20)35-26(30)5-2/h4-16H,1-2,17H2,3H3. The number of benzene rings is 3. The molecule has 0 bridgehead atoms. The number of carbonyl (C=O) groups excluding carboxylic acids is 4. The zero-order valence-corrected chi connectivity index (χ0v) is 19.8. The van der Waals surface area contributed by atoms with E-state index in [1.807, 2.05) is 0 Å². The second-order valence-electron chi connectivity index (χ2n) is 7.31. The van der Waals surface area contributed by atoms with E-state index in [4.69, 9.17) is 23.7 Å². The van der Waals surface area contributed by atoms with Crippen molar-refractivity contribution in [2.75, 3.05) is 6.79 Å². The van der Waals surface area contributed by atoms with Crippen LogP contribution in [0.1, 0.15) is 26.3 Å². The molecule has 3 rings (SSSR count). The summed E-state index contributed by atoms with van der Waals surface area (Å²) >= 11 is 0. The molecule has 0 aromatic heterocycles. The molecule has 0 N–H and O–H groups in total. The lowest BCUT2D eigenvalue weighted by Crippen LogP contribution is -2.11. The average molecular weight is 502 g/mol.